The first-order chi connectivity index (χ1) is 15.6. The number of nitrogens with zero attached hydrogens (tertiary/aromatic N) is 5. The van der Waals surface area contributed by atoms with Gasteiger partial charge in [0.15, 0.2) is 15.9 Å². The molecule has 0 fully saturated rings. The summed E-state index contributed by atoms with van der Waals surface area (Å²) in [4.78, 5) is 18.2. The Morgan fingerprint density at radius 2 is 1.94 bits per heavy atom. The molecular formula is C22H18ClN5O2S2. The Balaban J connectivity index is 1.45. The van der Waals surface area contributed by atoms with Crippen LogP contribution in [0.15, 0.2) is 64.5 Å². The first-order valence-electron chi connectivity index (χ1n) is 9.85. The van der Waals surface area contributed by atoms with Gasteiger partial charge in [0, 0.05) is 29.5 Å². The molecule has 32 heavy (non-hydrogen) atoms. The zero-order valence-corrected chi connectivity index (χ0v) is 19.5. The smallest absolute Gasteiger partial charge is 0.259 e. The molecule has 7 nitrogen and oxygen atoms in total. The molecule has 0 aliphatic heterocycles. The van der Waals surface area contributed by atoms with Gasteiger partial charge in [0.2, 0.25) is 0 Å². The van der Waals surface area contributed by atoms with Crippen molar-refractivity contribution in [2.75, 3.05) is 13.7 Å². The van der Waals surface area contributed by atoms with Crippen LogP contribution >= 0.6 is 34.7 Å². The summed E-state index contributed by atoms with van der Waals surface area (Å²) in [6.45, 7) is 1.13. The monoisotopic (exact) mass is 483 g/mol. The van der Waals surface area contributed by atoms with Crippen molar-refractivity contribution < 1.29 is 4.74 Å². The number of thioether (sulfide) groups is 1. The predicted molar refractivity (Wildman–Crippen MR) is 129 cm³/mol. The zero-order valence-electron chi connectivity index (χ0n) is 17.1. The number of fused-ring (bicyclic) bond motifs is 3. The highest BCUT2D eigenvalue weighted by Gasteiger charge is 2.16. The maximum Gasteiger partial charge on any atom is 0.259 e. The number of methoxy groups -OCH3 is 1. The minimum absolute atomic E-state index is 0.0780. The van der Waals surface area contributed by atoms with Gasteiger partial charge >= 0.3 is 0 Å². The third kappa shape index (κ3) is 4.04. The largest absolute Gasteiger partial charge is 0.383 e. The molecule has 162 valence electrons. The minimum Gasteiger partial charge on any atom is -0.383 e. The number of aromatic nitrogens is 5. The highest BCUT2D eigenvalue weighted by Crippen LogP contribution is 2.28. The zero-order chi connectivity index (χ0) is 22.1. The minimum atomic E-state index is -0.0780. The van der Waals surface area contributed by atoms with Crippen LogP contribution in [0.4, 0.5) is 0 Å². The van der Waals surface area contributed by atoms with Crippen molar-refractivity contribution in [2.24, 2.45) is 0 Å². The SMILES string of the molecule is COCCn1c(SCc2cc(=O)n3c(n2)sc2ccccc23)nnc1-c1ccc(Cl)cc1. The molecule has 3 heterocycles. The summed E-state index contributed by atoms with van der Waals surface area (Å²) in [7, 11) is 1.66. The molecule has 0 saturated heterocycles. The first kappa shape index (κ1) is 21.1. The van der Waals surface area contributed by atoms with Crippen LogP contribution in [0.1, 0.15) is 5.69 Å². The molecule has 10 heteroatoms. The molecule has 3 aromatic heterocycles. The number of benzene rings is 2. The molecule has 0 aliphatic rings. The molecule has 0 radical (unpaired) electrons. The fourth-order valence-corrected chi connectivity index (χ4v) is 5.46. The van der Waals surface area contributed by atoms with Gasteiger partial charge in [-0.05, 0) is 36.4 Å². The number of para-hydroxylation sites is 1. The van der Waals surface area contributed by atoms with Gasteiger partial charge in [-0.2, -0.15) is 0 Å². The molecule has 0 bridgehead atoms. The van der Waals surface area contributed by atoms with E-state index in [2.05, 4.69) is 10.2 Å². The number of hydrogen-bond donors (Lipinski definition) is 0. The molecule has 0 N–H and O–H groups in total. The lowest BCUT2D eigenvalue weighted by Crippen LogP contribution is -2.13. The average molecular weight is 484 g/mol. The van der Waals surface area contributed by atoms with E-state index in [0.717, 1.165) is 26.8 Å². The van der Waals surface area contributed by atoms with Crippen LogP contribution in [-0.2, 0) is 17.0 Å². The summed E-state index contributed by atoms with van der Waals surface area (Å²) in [5.41, 5.74) is 2.44. The van der Waals surface area contributed by atoms with E-state index in [-0.39, 0.29) is 5.56 Å². The second-order valence-corrected chi connectivity index (χ2v) is 9.41. The summed E-state index contributed by atoms with van der Waals surface area (Å²) in [6, 6.07) is 16.9. The van der Waals surface area contributed by atoms with Crippen molar-refractivity contribution in [1.82, 2.24) is 24.1 Å². The van der Waals surface area contributed by atoms with Gasteiger partial charge in [-0.25, -0.2) is 4.98 Å². The van der Waals surface area contributed by atoms with Crippen molar-refractivity contribution in [1.29, 1.82) is 0 Å². The van der Waals surface area contributed by atoms with Crippen molar-refractivity contribution >= 4 is 49.9 Å². The molecule has 5 rings (SSSR count). The van der Waals surface area contributed by atoms with Gasteiger partial charge in [0.25, 0.3) is 5.56 Å². The molecule has 5 aromatic rings. The Hall–Kier alpha value is -2.72. The second kappa shape index (κ2) is 9.03. The quantitative estimate of drug-likeness (QED) is 0.311. The van der Waals surface area contributed by atoms with Crippen LogP contribution in [0, 0.1) is 0 Å². The Labute approximate surface area is 196 Å². The molecule has 0 unspecified atom stereocenters. The van der Waals surface area contributed by atoms with Crippen LogP contribution in [0.3, 0.4) is 0 Å². The van der Waals surface area contributed by atoms with Crippen molar-refractivity contribution in [3.63, 3.8) is 0 Å². The van der Waals surface area contributed by atoms with E-state index in [1.165, 1.54) is 23.1 Å². The Bertz CT molecular complexity index is 1460. The topological polar surface area (TPSA) is 74.3 Å². The van der Waals surface area contributed by atoms with E-state index in [9.17, 15) is 4.79 Å². The third-order valence-corrected chi connectivity index (χ3v) is 7.21. The fraction of sp³-hybridized carbons (Fsp3) is 0.182. The van der Waals surface area contributed by atoms with Crippen LogP contribution in [-0.4, -0.2) is 37.9 Å². The van der Waals surface area contributed by atoms with E-state index in [1.54, 1.807) is 17.6 Å². The third-order valence-electron chi connectivity index (χ3n) is 4.94. The van der Waals surface area contributed by atoms with Crippen LogP contribution < -0.4 is 5.56 Å². The van der Waals surface area contributed by atoms with Gasteiger partial charge in [0.05, 0.1) is 29.1 Å². The normalized spacial score (nSPS) is 11.6. The molecule has 2 aromatic carbocycles. The summed E-state index contributed by atoms with van der Waals surface area (Å²) in [6.07, 6.45) is 0. The predicted octanol–water partition coefficient (Wildman–Crippen LogP) is 4.76. The van der Waals surface area contributed by atoms with Gasteiger partial charge in [-0.1, -0.05) is 46.8 Å². The Morgan fingerprint density at radius 3 is 2.75 bits per heavy atom. The summed E-state index contributed by atoms with van der Waals surface area (Å²) >= 11 is 9.03. The van der Waals surface area contributed by atoms with Gasteiger partial charge in [0.1, 0.15) is 0 Å². The highest BCUT2D eigenvalue weighted by atomic mass is 35.5. The van der Waals surface area contributed by atoms with E-state index >= 15 is 0 Å². The molecule has 0 aliphatic carbocycles. The number of hydrogen-bond acceptors (Lipinski definition) is 7. The average Bonchev–Trinajstić information content (AvgIpc) is 3.38. The van der Waals surface area contributed by atoms with Gasteiger partial charge < -0.3 is 4.74 Å². The van der Waals surface area contributed by atoms with E-state index in [0.29, 0.717) is 34.6 Å². The van der Waals surface area contributed by atoms with Gasteiger partial charge in [-0.3, -0.25) is 13.8 Å². The van der Waals surface area contributed by atoms with Crippen LogP contribution in [0.5, 0.6) is 0 Å². The number of ether oxygens (including phenoxy) is 1. The lowest BCUT2D eigenvalue weighted by atomic mass is 10.2. The molecule has 0 atom stereocenters. The Morgan fingerprint density at radius 1 is 1.12 bits per heavy atom. The fourth-order valence-electron chi connectivity index (χ4n) is 3.43. The van der Waals surface area contributed by atoms with Crippen LogP contribution in [0.2, 0.25) is 5.02 Å². The lowest BCUT2D eigenvalue weighted by molar-refractivity contribution is 0.185. The number of thiazole rings is 1. The summed E-state index contributed by atoms with van der Waals surface area (Å²) < 4.78 is 9.99. The maximum absolute atomic E-state index is 12.8. The standard InChI is InChI=1S/C22H18ClN5O2S2/c1-30-11-10-27-20(14-6-8-15(23)9-7-14)25-26-22(27)31-13-16-12-19(29)28-17-4-2-3-5-18(17)32-21(28)24-16/h2-9,12H,10-11,13H2,1H3. The van der Waals surface area contributed by atoms with Crippen molar-refractivity contribution in [3.05, 3.63) is 75.7 Å². The lowest BCUT2D eigenvalue weighted by Gasteiger charge is -2.09. The highest BCUT2D eigenvalue weighted by molar-refractivity contribution is 7.98. The van der Waals surface area contributed by atoms with Crippen LogP contribution in [0.25, 0.3) is 26.6 Å². The summed E-state index contributed by atoms with van der Waals surface area (Å²) in [5.74, 6) is 1.25. The van der Waals surface area contributed by atoms with Crippen molar-refractivity contribution in [2.45, 2.75) is 17.5 Å². The van der Waals surface area contributed by atoms with Gasteiger partial charge in [-0.15, -0.1) is 10.2 Å². The number of halogens is 1. The van der Waals surface area contributed by atoms with E-state index in [4.69, 9.17) is 21.3 Å². The molecular weight excluding hydrogens is 466 g/mol. The van der Waals surface area contributed by atoms with E-state index < -0.39 is 0 Å². The molecule has 0 amide bonds. The Kier molecular flexibility index (Phi) is 5.97. The number of rotatable bonds is 7. The second-order valence-electron chi connectivity index (χ2n) is 7.02. The molecule has 0 saturated carbocycles. The summed E-state index contributed by atoms with van der Waals surface area (Å²) in [5, 5.41) is 10.2. The van der Waals surface area contributed by atoms with E-state index in [1.807, 2.05) is 53.1 Å². The first-order valence-corrected chi connectivity index (χ1v) is 12.0. The molecule has 0 spiro atoms. The van der Waals surface area contributed by atoms with Crippen molar-refractivity contribution in [3.8, 4) is 11.4 Å². The maximum atomic E-state index is 12.8.